The van der Waals surface area contributed by atoms with Crippen LogP contribution in [0.5, 0.6) is 0 Å². The minimum absolute atomic E-state index is 0.120. The number of hydrogen-bond acceptors (Lipinski definition) is 4. The van der Waals surface area contributed by atoms with E-state index in [2.05, 4.69) is 15.6 Å². The molecule has 0 bridgehead atoms. The quantitative estimate of drug-likeness (QED) is 0.450. The van der Waals surface area contributed by atoms with Crippen LogP contribution in [0.1, 0.15) is 31.1 Å². The molecular weight excluding hydrogens is 352 g/mol. The van der Waals surface area contributed by atoms with Crippen LogP contribution in [0.25, 0.3) is 0 Å². The molecule has 1 aromatic carbocycles. The molecule has 1 saturated heterocycles. The third-order valence-corrected chi connectivity index (χ3v) is 6.91. The van der Waals surface area contributed by atoms with Crippen molar-refractivity contribution in [2.24, 2.45) is 4.99 Å². The molecule has 144 valence electrons. The standard InChI is InChI=1S/C18H28N4O3S/c1-4-19-17(22-12-13-26(24,25)18(2,3)14-22)21-11-10-20-16(23)15-8-6-5-7-9-15/h5-9H,4,10-14H2,1-3H3,(H,19,21)(H,20,23). The molecule has 2 rings (SSSR count). The molecule has 0 saturated carbocycles. The Bertz CT molecular complexity index is 745. The Morgan fingerprint density at radius 3 is 2.54 bits per heavy atom. The molecule has 0 aromatic heterocycles. The van der Waals surface area contributed by atoms with E-state index in [9.17, 15) is 13.2 Å². The zero-order valence-corrected chi connectivity index (χ0v) is 16.5. The molecule has 8 heteroatoms. The van der Waals surface area contributed by atoms with E-state index in [4.69, 9.17) is 0 Å². The number of hydrogen-bond donors (Lipinski definition) is 2. The number of carbonyl (C=O) groups excluding carboxylic acids is 1. The lowest BCUT2D eigenvalue weighted by Crippen LogP contribution is -2.57. The van der Waals surface area contributed by atoms with Gasteiger partial charge in [0.25, 0.3) is 5.91 Å². The highest BCUT2D eigenvalue weighted by Crippen LogP contribution is 2.23. The van der Waals surface area contributed by atoms with E-state index in [1.807, 2.05) is 30.0 Å². The van der Waals surface area contributed by atoms with Gasteiger partial charge in [-0.3, -0.25) is 9.79 Å². The van der Waals surface area contributed by atoms with Crippen LogP contribution in [0.15, 0.2) is 35.3 Å². The molecule has 26 heavy (non-hydrogen) atoms. The second kappa shape index (κ2) is 8.53. The van der Waals surface area contributed by atoms with Crippen LogP contribution in [0, 0.1) is 0 Å². The summed E-state index contributed by atoms with van der Waals surface area (Å²) in [5, 5.41) is 6.05. The Morgan fingerprint density at radius 2 is 1.92 bits per heavy atom. The fourth-order valence-corrected chi connectivity index (χ4v) is 4.14. The van der Waals surface area contributed by atoms with Gasteiger partial charge in [0.2, 0.25) is 0 Å². The third kappa shape index (κ3) is 4.97. The summed E-state index contributed by atoms with van der Waals surface area (Å²) in [7, 11) is -3.09. The molecule has 2 N–H and O–H groups in total. The molecule has 0 spiro atoms. The maximum atomic E-state index is 12.2. The predicted octanol–water partition coefficient (Wildman–Crippen LogP) is 0.891. The molecular formula is C18H28N4O3S. The Labute approximate surface area is 155 Å². The fourth-order valence-electron chi connectivity index (χ4n) is 2.77. The molecule has 1 aliphatic heterocycles. The zero-order chi connectivity index (χ0) is 19.2. The van der Waals surface area contributed by atoms with E-state index in [0.717, 1.165) is 0 Å². The van der Waals surface area contributed by atoms with Gasteiger partial charge in [0.05, 0.1) is 17.0 Å². The van der Waals surface area contributed by atoms with Crippen LogP contribution in [0.2, 0.25) is 0 Å². The zero-order valence-electron chi connectivity index (χ0n) is 15.7. The van der Waals surface area contributed by atoms with E-state index in [0.29, 0.717) is 44.2 Å². The lowest BCUT2D eigenvalue weighted by atomic mass is 10.2. The number of carbonyl (C=O) groups is 1. The molecule has 0 aliphatic carbocycles. The third-order valence-electron chi connectivity index (χ3n) is 4.37. The summed E-state index contributed by atoms with van der Waals surface area (Å²) in [6.45, 7) is 7.82. The lowest BCUT2D eigenvalue weighted by Gasteiger charge is -2.39. The SMILES string of the molecule is CCNC(=NCCNC(=O)c1ccccc1)N1CCS(=O)(=O)C(C)(C)C1. The molecule has 1 aliphatic rings. The Balaban J connectivity index is 1.94. The van der Waals surface area contributed by atoms with E-state index < -0.39 is 14.6 Å². The second-order valence-corrected chi connectivity index (χ2v) is 9.60. The van der Waals surface area contributed by atoms with E-state index in [1.54, 1.807) is 26.0 Å². The first-order chi connectivity index (χ1) is 12.3. The first-order valence-corrected chi connectivity index (χ1v) is 10.5. The summed E-state index contributed by atoms with van der Waals surface area (Å²) in [4.78, 5) is 18.5. The molecule has 1 fully saturated rings. The normalized spacial score (nSPS) is 19.0. The van der Waals surface area contributed by atoms with Gasteiger partial charge in [0.1, 0.15) is 0 Å². The van der Waals surface area contributed by atoms with Gasteiger partial charge in [0, 0.05) is 31.7 Å². The summed E-state index contributed by atoms with van der Waals surface area (Å²) in [5.41, 5.74) is 0.617. The van der Waals surface area contributed by atoms with Gasteiger partial charge in [-0.25, -0.2) is 8.42 Å². The first-order valence-electron chi connectivity index (χ1n) is 8.85. The van der Waals surface area contributed by atoms with Crippen molar-refractivity contribution in [3.05, 3.63) is 35.9 Å². The number of guanidine groups is 1. The second-order valence-electron chi connectivity index (χ2n) is 6.86. The van der Waals surface area contributed by atoms with E-state index in [1.165, 1.54) is 0 Å². The van der Waals surface area contributed by atoms with Crippen LogP contribution < -0.4 is 10.6 Å². The highest BCUT2D eigenvalue weighted by molar-refractivity contribution is 7.92. The first kappa shape index (κ1) is 20.2. The molecule has 0 radical (unpaired) electrons. The van der Waals surface area contributed by atoms with Crippen LogP contribution in [-0.2, 0) is 9.84 Å². The molecule has 1 amide bonds. The lowest BCUT2D eigenvalue weighted by molar-refractivity contribution is 0.0954. The monoisotopic (exact) mass is 380 g/mol. The average Bonchev–Trinajstić information content (AvgIpc) is 2.60. The van der Waals surface area contributed by atoms with Crippen molar-refractivity contribution >= 4 is 21.7 Å². The van der Waals surface area contributed by atoms with Crippen molar-refractivity contribution in [3.63, 3.8) is 0 Å². The Morgan fingerprint density at radius 1 is 1.23 bits per heavy atom. The maximum absolute atomic E-state index is 12.2. The molecule has 1 heterocycles. The number of sulfone groups is 1. The summed E-state index contributed by atoms with van der Waals surface area (Å²) in [6, 6.07) is 9.03. The van der Waals surface area contributed by atoms with Gasteiger partial charge in [-0.15, -0.1) is 0 Å². The highest BCUT2D eigenvalue weighted by atomic mass is 32.2. The summed E-state index contributed by atoms with van der Waals surface area (Å²) < 4.78 is 23.5. The summed E-state index contributed by atoms with van der Waals surface area (Å²) in [5.74, 6) is 0.676. The van der Waals surface area contributed by atoms with Gasteiger partial charge < -0.3 is 15.5 Å². The molecule has 0 atom stereocenters. The van der Waals surface area contributed by atoms with Crippen molar-refractivity contribution in [2.45, 2.75) is 25.5 Å². The van der Waals surface area contributed by atoms with E-state index >= 15 is 0 Å². The van der Waals surface area contributed by atoms with Gasteiger partial charge in [-0.2, -0.15) is 0 Å². The van der Waals surface area contributed by atoms with Crippen LogP contribution in [0.3, 0.4) is 0 Å². The maximum Gasteiger partial charge on any atom is 0.251 e. The van der Waals surface area contributed by atoms with Gasteiger partial charge >= 0.3 is 0 Å². The van der Waals surface area contributed by atoms with Gasteiger partial charge in [0.15, 0.2) is 15.8 Å². The fraction of sp³-hybridized carbons (Fsp3) is 0.556. The Kier molecular flexibility index (Phi) is 6.63. The number of benzene rings is 1. The Hall–Kier alpha value is -2.09. The van der Waals surface area contributed by atoms with Crippen molar-refractivity contribution in [2.75, 3.05) is 38.5 Å². The number of nitrogens with one attached hydrogen (secondary N) is 2. The highest BCUT2D eigenvalue weighted by Gasteiger charge is 2.40. The summed E-state index contributed by atoms with van der Waals surface area (Å²) in [6.07, 6.45) is 0. The predicted molar refractivity (Wildman–Crippen MR) is 104 cm³/mol. The van der Waals surface area contributed by atoms with Crippen LogP contribution >= 0.6 is 0 Å². The van der Waals surface area contributed by atoms with Crippen molar-refractivity contribution in [1.29, 1.82) is 0 Å². The number of aliphatic imine (C=N–C) groups is 1. The largest absolute Gasteiger partial charge is 0.357 e. The molecule has 7 nitrogen and oxygen atoms in total. The average molecular weight is 381 g/mol. The number of amides is 1. The van der Waals surface area contributed by atoms with Crippen LogP contribution in [-0.4, -0.2) is 68.4 Å². The molecule has 0 unspecified atom stereocenters. The van der Waals surface area contributed by atoms with Gasteiger partial charge in [-0.05, 0) is 32.9 Å². The number of rotatable bonds is 5. The van der Waals surface area contributed by atoms with Crippen molar-refractivity contribution in [1.82, 2.24) is 15.5 Å². The van der Waals surface area contributed by atoms with Gasteiger partial charge in [-0.1, -0.05) is 18.2 Å². The summed E-state index contributed by atoms with van der Waals surface area (Å²) >= 11 is 0. The minimum Gasteiger partial charge on any atom is -0.357 e. The van der Waals surface area contributed by atoms with Crippen molar-refractivity contribution < 1.29 is 13.2 Å². The van der Waals surface area contributed by atoms with E-state index in [-0.39, 0.29) is 11.7 Å². The topological polar surface area (TPSA) is 90.9 Å². The number of nitrogens with zero attached hydrogens (tertiary/aromatic N) is 2. The molecule has 1 aromatic rings. The van der Waals surface area contributed by atoms with Crippen molar-refractivity contribution in [3.8, 4) is 0 Å². The smallest absolute Gasteiger partial charge is 0.251 e. The van der Waals surface area contributed by atoms with Crippen LogP contribution in [0.4, 0.5) is 0 Å². The minimum atomic E-state index is -3.09.